The SMILES string of the molecule is COc1cc([C@H]2C[C@H](c3cc4nc(C)n(C)c(=O)c4c(-c4ccc(Cl)cc4F)n3)CCO2)ccn1. The molecule has 4 heterocycles. The van der Waals surface area contributed by atoms with Crippen LogP contribution in [0.4, 0.5) is 4.39 Å². The summed E-state index contributed by atoms with van der Waals surface area (Å²) >= 11 is 5.98. The van der Waals surface area contributed by atoms with Crippen LogP contribution in [-0.2, 0) is 11.8 Å². The van der Waals surface area contributed by atoms with Gasteiger partial charge in [-0.1, -0.05) is 11.6 Å². The molecule has 0 amide bonds. The summed E-state index contributed by atoms with van der Waals surface area (Å²) < 4.78 is 27.8. The predicted molar refractivity (Wildman–Crippen MR) is 131 cm³/mol. The van der Waals surface area contributed by atoms with Crippen LogP contribution < -0.4 is 10.3 Å². The van der Waals surface area contributed by atoms with Gasteiger partial charge in [-0.25, -0.2) is 14.4 Å². The van der Waals surface area contributed by atoms with E-state index in [0.29, 0.717) is 30.2 Å². The lowest BCUT2D eigenvalue weighted by Crippen LogP contribution is -2.23. The van der Waals surface area contributed by atoms with E-state index in [1.165, 1.54) is 10.6 Å². The molecule has 1 aliphatic heterocycles. The first kappa shape index (κ1) is 23.4. The van der Waals surface area contributed by atoms with E-state index >= 15 is 4.39 Å². The summed E-state index contributed by atoms with van der Waals surface area (Å²) in [7, 11) is 3.22. The molecule has 0 spiro atoms. The van der Waals surface area contributed by atoms with Crippen molar-refractivity contribution in [3.63, 3.8) is 0 Å². The van der Waals surface area contributed by atoms with Gasteiger partial charge in [0.25, 0.3) is 5.56 Å². The molecule has 180 valence electrons. The van der Waals surface area contributed by atoms with Gasteiger partial charge >= 0.3 is 0 Å². The van der Waals surface area contributed by atoms with E-state index in [9.17, 15) is 4.79 Å². The first-order valence-corrected chi connectivity index (χ1v) is 11.7. The quantitative estimate of drug-likeness (QED) is 0.391. The van der Waals surface area contributed by atoms with Crippen LogP contribution >= 0.6 is 11.6 Å². The Morgan fingerprint density at radius 1 is 1.20 bits per heavy atom. The van der Waals surface area contributed by atoms with Crippen LogP contribution in [0.3, 0.4) is 0 Å². The standard InChI is InChI=1S/C26H24ClFN4O3/c1-14-30-21-13-20(15-7-9-35-22(10-15)16-6-8-29-23(11-16)34-3)31-25(24(21)26(33)32(14)2)18-5-4-17(27)12-19(18)28/h4-6,8,11-13,15,22H,7,9-10H2,1-3H3/t15-,22-/m1/s1. The number of nitrogens with zero attached hydrogens (tertiary/aromatic N) is 4. The molecule has 2 atom stereocenters. The number of ether oxygens (including phenoxy) is 2. The summed E-state index contributed by atoms with van der Waals surface area (Å²) in [6.45, 7) is 2.30. The summed E-state index contributed by atoms with van der Waals surface area (Å²) in [5.74, 6) is 0.571. The molecule has 9 heteroatoms. The summed E-state index contributed by atoms with van der Waals surface area (Å²) in [5, 5.41) is 0.555. The van der Waals surface area contributed by atoms with Crippen LogP contribution in [0.2, 0.25) is 5.02 Å². The third kappa shape index (κ3) is 4.39. The highest BCUT2D eigenvalue weighted by Gasteiger charge is 2.28. The smallest absolute Gasteiger partial charge is 0.263 e. The Kier molecular flexibility index (Phi) is 6.25. The fraction of sp³-hybridized carbons (Fsp3) is 0.308. The first-order valence-electron chi connectivity index (χ1n) is 11.3. The van der Waals surface area contributed by atoms with Gasteiger partial charge in [0.15, 0.2) is 0 Å². The number of aryl methyl sites for hydroxylation is 1. The van der Waals surface area contributed by atoms with Crippen molar-refractivity contribution in [2.24, 2.45) is 7.05 Å². The van der Waals surface area contributed by atoms with Gasteiger partial charge < -0.3 is 9.47 Å². The number of methoxy groups -OCH3 is 1. The summed E-state index contributed by atoms with van der Waals surface area (Å²) in [5.41, 5.74) is 2.42. The minimum atomic E-state index is -0.542. The molecule has 1 saturated heterocycles. The first-order chi connectivity index (χ1) is 16.9. The molecule has 35 heavy (non-hydrogen) atoms. The highest BCUT2D eigenvalue weighted by Crippen LogP contribution is 2.39. The van der Waals surface area contributed by atoms with E-state index in [0.717, 1.165) is 17.7 Å². The van der Waals surface area contributed by atoms with Crippen molar-refractivity contribution < 1.29 is 13.9 Å². The molecule has 1 aliphatic rings. The minimum absolute atomic E-state index is 0.0255. The lowest BCUT2D eigenvalue weighted by atomic mass is 9.88. The van der Waals surface area contributed by atoms with Gasteiger partial charge in [-0.15, -0.1) is 0 Å². The topological polar surface area (TPSA) is 79.1 Å². The molecule has 1 fully saturated rings. The number of hydrogen-bond donors (Lipinski definition) is 0. The average molecular weight is 495 g/mol. The molecule has 4 aromatic rings. The van der Waals surface area contributed by atoms with E-state index in [4.69, 9.17) is 26.1 Å². The van der Waals surface area contributed by atoms with Crippen LogP contribution in [0, 0.1) is 12.7 Å². The second kappa shape index (κ2) is 9.36. The van der Waals surface area contributed by atoms with Crippen molar-refractivity contribution >= 4 is 22.5 Å². The summed E-state index contributed by atoms with van der Waals surface area (Å²) in [6, 6.07) is 9.99. The van der Waals surface area contributed by atoms with Gasteiger partial charge in [-0.05, 0) is 55.7 Å². The Hall–Kier alpha value is -3.36. The number of rotatable bonds is 4. The molecule has 1 aromatic carbocycles. The molecular weight excluding hydrogens is 471 g/mol. The third-order valence-electron chi connectivity index (χ3n) is 6.53. The van der Waals surface area contributed by atoms with Gasteiger partial charge in [0, 0.05) is 48.1 Å². The van der Waals surface area contributed by atoms with Crippen LogP contribution in [0.1, 0.15) is 41.9 Å². The van der Waals surface area contributed by atoms with Crippen LogP contribution in [-0.4, -0.2) is 33.2 Å². The normalized spacial score (nSPS) is 18.1. The molecule has 3 aromatic heterocycles. The minimum Gasteiger partial charge on any atom is -0.481 e. The second-order valence-electron chi connectivity index (χ2n) is 8.65. The van der Waals surface area contributed by atoms with Gasteiger partial charge in [0.1, 0.15) is 11.6 Å². The lowest BCUT2D eigenvalue weighted by Gasteiger charge is -2.30. The fourth-order valence-corrected chi connectivity index (χ4v) is 4.69. The Bertz CT molecular complexity index is 1490. The van der Waals surface area contributed by atoms with Gasteiger partial charge in [0.2, 0.25) is 5.88 Å². The molecule has 0 bridgehead atoms. The molecule has 0 saturated carbocycles. The van der Waals surface area contributed by atoms with Gasteiger partial charge in [-0.2, -0.15) is 0 Å². The molecule has 5 rings (SSSR count). The maximum atomic E-state index is 15.0. The maximum absolute atomic E-state index is 15.0. The zero-order valence-electron chi connectivity index (χ0n) is 19.6. The van der Waals surface area contributed by atoms with Gasteiger partial charge in [0.05, 0.1) is 29.8 Å². The predicted octanol–water partition coefficient (Wildman–Crippen LogP) is 5.14. The molecule has 0 N–H and O–H groups in total. The van der Waals surface area contributed by atoms with Crippen molar-refractivity contribution in [3.8, 4) is 17.1 Å². The van der Waals surface area contributed by atoms with Crippen molar-refractivity contribution in [1.29, 1.82) is 0 Å². The number of aromatic nitrogens is 4. The van der Waals surface area contributed by atoms with Crippen molar-refractivity contribution in [2.75, 3.05) is 13.7 Å². The number of hydrogen-bond acceptors (Lipinski definition) is 6. The van der Waals surface area contributed by atoms with Crippen molar-refractivity contribution in [2.45, 2.75) is 31.8 Å². The van der Waals surface area contributed by atoms with Crippen LogP contribution in [0.5, 0.6) is 5.88 Å². The molecule has 0 radical (unpaired) electrons. The van der Waals surface area contributed by atoms with Crippen LogP contribution in [0.25, 0.3) is 22.2 Å². The summed E-state index contributed by atoms with van der Waals surface area (Å²) in [4.78, 5) is 26.9. The largest absolute Gasteiger partial charge is 0.481 e. The Labute approximate surface area is 206 Å². The van der Waals surface area contributed by atoms with E-state index in [1.807, 2.05) is 18.2 Å². The average Bonchev–Trinajstić information content (AvgIpc) is 2.87. The maximum Gasteiger partial charge on any atom is 0.263 e. The Balaban J connectivity index is 1.64. The van der Waals surface area contributed by atoms with E-state index in [2.05, 4.69) is 9.97 Å². The molecule has 7 nitrogen and oxygen atoms in total. The Morgan fingerprint density at radius 2 is 2.03 bits per heavy atom. The van der Waals surface area contributed by atoms with Crippen molar-refractivity contribution in [1.82, 2.24) is 19.5 Å². The Morgan fingerprint density at radius 3 is 2.80 bits per heavy atom. The second-order valence-corrected chi connectivity index (χ2v) is 9.09. The zero-order valence-corrected chi connectivity index (χ0v) is 20.3. The van der Waals surface area contributed by atoms with E-state index in [1.54, 1.807) is 39.4 Å². The number of halogens is 2. The van der Waals surface area contributed by atoms with Crippen LogP contribution in [0.15, 0.2) is 47.4 Å². The van der Waals surface area contributed by atoms with Gasteiger partial charge in [-0.3, -0.25) is 14.3 Å². The third-order valence-corrected chi connectivity index (χ3v) is 6.77. The lowest BCUT2D eigenvalue weighted by molar-refractivity contribution is 0.00451. The zero-order chi connectivity index (χ0) is 24.7. The molecule has 0 unspecified atom stereocenters. The van der Waals surface area contributed by atoms with E-state index in [-0.39, 0.29) is 39.2 Å². The number of fused-ring (bicyclic) bond motifs is 1. The monoisotopic (exact) mass is 494 g/mol. The number of benzene rings is 1. The molecule has 0 aliphatic carbocycles. The number of pyridine rings is 2. The van der Waals surface area contributed by atoms with Crippen molar-refractivity contribution in [3.05, 3.63) is 80.9 Å². The highest BCUT2D eigenvalue weighted by molar-refractivity contribution is 6.30. The highest BCUT2D eigenvalue weighted by atomic mass is 35.5. The summed E-state index contributed by atoms with van der Waals surface area (Å²) in [6.07, 6.45) is 2.93. The van der Waals surface area contributed by atoms with E-state index < -0.39 is 5.82 Å². The fourth-order valence-electron chi connectivity index (χ4n) is 4.53. The molecular formula is C26H24ClFN4O3.